The van der Waals surface area contributed by atoms with Crippen molar-refractivity contribution in [2.45, 2.75) is 58.3 Å². The average molecular weight is 651 g/mol. The molecule has 6 rings (SSSR count). The lowest BCUT2D eigenvalue weighted by Gasteiger charge is -2.45. The molecule has 2 aliphatic rings. The van der Waals surface area contributed by atoms with Crippen LogP contribution in [-0.4, -0.2) is 51.4 Å². The molecule has 0 saturated heterocycles. The molecule has 2 atom stereocenters. The largest absolute Gasteiger partial charge is 0.454 e. The molecule has 0 fully saturated rings. The van der Waals surface area contributed by atoms with E-state index in [1.807, 2.05) is 45.1 Å². The molecule has 4 aromatic rings. The summed E-state index contributed by atoms with van der Waals surface area (Å²) in [5.41, 5.74) is -1.01. The second-order valence-corrected chi connectivity index (χ2v) is 15.9. The maximum absolute atomic E-state index is 15.6. The lowest BCUT2D eigenvalue weighted by molar-refractivity contribution is 0.0740. The van der Waals surface area contributed by atoms with Gasteiger partial charge in [-0.2, -0.15) is 5.10 Å². The van der Waals surface area contributed by atoms with Gasteiger partial charge < -0.3 is 14.8 Å². The van der Waals surface area contributed by atoms with E-state index in [2.05, 4.69) is 4.98 Å². The summed E-state index contributed by atoms with van der Waals surface area (Å²) in [5, 5.41) is 16.3. The maximum Gasteiger partial charge on any atom is 0.168 e. The number of aryl methyl sites for hydroxylation is 2. The molecule has 0 saturated carbocycles. The lowest BCUT2D eigenvalue weighted by Crippen LogP contribution is -2.46. The quantitative estimate of drug-likeness (QED) is 0.243. The number of ether oxygens (including phenoxy) is 1. The molecule has 11 heteroatoms. The Balaban J connectivity index is 1.53. The first-order valence-corrected chi connectivity index (χ1v) is 17.4. The number of rotatable bonds is 2. The molecule has 8 nitrogen and oxygen atoms in total. The molecule has 3 heterocycles. The second-order valence-electron chi connectivity index (χ2n) is 13.7. The highest BCUT2D eigenvalue weighted by molar-refractivity contribution is 7.91. The van der Waals surface area contributed by atoms with Gasteiger partial charge in [0.15, 0.2) is 33.1 Å². The number of halogens is 2. The summed E-state index contributed by atoms with van der Waals surface area (Å²) in [5.74, 6) is -0.680. The second kappa shape index (κ2) is 11.8. The van der Waals surface area contributed by atoms with Gasteiger partial charge >= 0.3 is 0 Å². The molecule has 0 radical (unpaired) electrons. The summed E-state index contributed by atoms with van der Waals surface area (Å²) in [6, 6.07) is 7.17. The summed E-state index contributed by atoms with van der Waals surface area (Å²) in [6.45, 7) is 5.75. The standard InChI is InChI=1S/C35H40F2N4O4S/c1-33(2)13-8-14-34(3,35(21-42)15-6-5-7-16-35)32-39-31(41(4)40-32)26-19-23(9-10-27(26)36)45-30-25(12-18-46(43,44)22-33)24-11-17-38-29(24)20-28(30)37/h5-7,9-11,15,17,19-20,38,42H,8,12-14,16,18,21-22H2,1-4H3. The van der Waals surface area contributed by atoms with Crippen molar-refractivity contribution in [1.29, 1.82) is 0 Å². The molecule has 2 aromatic heterocycles. The van der Waals surface area contributed by atoms with Crippen LogP contribution in [-0.2, 0) is 28.7 Å². The molecule has 2 aromatic carbocycles. The van der Waals surface area contributed by atoms with Crippen molar-refractivity contribution >= 4 is 20.7 Å². The molecule has 0 amide bonds. The Morgan fingerprint density at radius 1 is 1.09 bits per heavy atom. The van der Waals surface area contributed by atoms with Gasteiger partial charge in [0.2, 0.25) is 0 Å². The number of sulfone groups is 1. The Bertz CT molecular complexity index is 1960. The van der Waals surface area contributed by atoms with Crippen LogP contribution in [0, 0.1) is 22.5 Å². The fourth-order valence-corrected chi connectivity index (χ4v) is 9.15. The number of allylic oxidation sites excluding steroid dienone is 3. The number of hydrogen-bond acceptors (Lipinski definition) is 6. The van der Waals surface area contributed by atoms with Gasteiger partial charge in [-0.15, -0.1) is 0 Å². The van der Waals surface area contributed by atoms with Crippen molar-refractivity contribution in [3.8, 4) is 22.9 Å². The van der Waals surface area contributed by atoms with Crippen molar-refractivity contribution in [3.05, 3.63) is 83.9 Å². The molecular formula is C35H40F2N4O4S. The molecule has 46 heavy (non-hydrogen) atoms. The van der Waals surface area contributed by atoms with E-state index >= 15 is 8.78 Å². The number of nitrogens with zero attached hydrogens (tertiary/aromatic N) is 3. The van der Waals surface area contributed by atoms with E-state index in [4.69, 9.17) is 14.8 Å². The van der Waals surface area contributed by atoms with Gasteiger partial charge in [0.05, 0.1) is 23.7 Å². The van der Waals surface area contributed by atoms with Gasteiger partial charge in [0, 0.05) is 46.6 Å². The van der Waals surface area contributed by atoms with Gasteiger partial charge in [0.25, 0.3) is 0 Å². The van der Waals surface area contributed by atoms with E-state index < -0.39 is 37.7 Å². The lowest BCUT2D eigenvalue weighted by atomic mass is 9.59. The minimum Gasteiger partial charge on any atom is -0.454 e. The number of hydrogen-bond donors (Lipinski definition) is 2. The summed E-state index contributed by atoms with van der Waals surface area (Å²) in [6.07, 6.45) is 11.9. The third kappa shape index (κ3) is 5.79. The van der Waals surface area contributed by atoms with Crippen molar-refractivity contribution in [2.75, 3.05) is 18.1 Å². The number of nitrogens with one attached hydrogen (secondary N) is 1. The molecule has 2 unspecified atom stereocenters. The van der Waals surface area contributed by atoms with Crippen molar-refractivity contribution in [1.82, 2.24) is 19.7 Å². The molecule has 0 spiro atoms. The smallest absolute Gasteiger partial charge is 0.168 e. The fraction of sp³-hybridized carbons (Fsp3) is 0.429. The van der Waals surface area contributed by atoms with E-state index in [1.54, 1.807) is 19.3 Å². The minimum absolute atomic E-state index is 0.0392. The number of fused-ring (bicyclic) bond motifs is 8. The van der Waals surface area contributed by atoms with Crippen molar-refractivity contribution < 1.29 is 27.0 Å². The van der Waals surface area contributed by atoms with E-state index in [9.17, 15) is 13.5 Å². The molecule has 4 bridgehead atoms. The molecule has 1 aliphatic heterocycles. The Morgan fingerprint density at radius 3 is 2.63 bits per heavy atom. The molecule has 244 valence electrons. The number of aliphatic hydroxyl groups excluding tert-OH is 1. The van der Waals surface area contributed by atoms with Gasteiger partial charge in [-0.1, -0.05) is 51.5 Å². The van der Waals surface area contributed by atoms with Crippen LogP contribution >= 0.6 is 0 Å². The van der Waals surface area contributed by atoms with Crippen LogP contribution in [0.25, 0.3) is 22.3 Å². The Hall–Kier alpha value is -3.83. The van der Waals surface area contributed by atoms with Crippen molar-refractivity contribution in [2.24, 2.45) is 17.9 Å². The highest BCUT2D eigenvalue weighted by Gasteiger charge is 2.50. The third-order valence-corrected chi connectivity index (χ3v) is 11.9. The molecule has 1 aliphatic carbocycles. The van der Waals surface area contributed by atoms with E-state index in [-0.39, 0.29) is 47.4 Å². The van der Waals surface area contributed by atoms with Crippen LogP contribution in [0.5, 0.6) is 11.5 Å². The first-order valence-electron chi connectivity index (χ1n) is 15.6. The van der Waals surface area contributed by atoms with Crippen LogP contribution in [0.3, 0.4) is 0 Å². The predicted molar refractivity (Wildman–Crippen MR) is 174 cm³/mol. The Labute approximate surface area is 268 Å². The monoisotopic (exact) mass is 650 g/mol. The normalized spacial score (nSPS) is 24.6. The van der Waals surface area contributed by atoms with E-state index in [0.717, 1.165) is 0 Å². The number of aliphatic hydroxyl groups is 1. The fourth-order valence-electron chi connectivity index (χ4n) is 7.16. The van der Waals surface area contributed by atoms with Crippen molar-refractivity contribution in [3.63, 3.8) is 0 Å². The highest BCUT2D eigenvalue weighted by atomic mass is 32.2. The third-order valence-electron chi connectivity index (χ3n) is 9.85. The van der Waals surface area contributed by atoms with Crippen LogP contribution in [0.1, 0.15) is 57.8 Å². The average Bonchev–Trinajstić information content (AvgIpc) is 3.63. The summed E-state index contributed by atoms with van der Waals surface area (Å²) in [4.78, 5) is 7.90. The number of aromatic amines is 1. The Morgan fingerprint density at radius 2 is 1.89 bits per heavy atom. The topological polar surface area (TPSA) is 110 Å². The van der Waals surface area contributed by atoms with Gasteiger partial charge in [-0.25, -0.2) is 26.9 Å². The number of aromatic nitrogens is 4. The van der Waals surface area contributed by atoms with E-state index in [0.29, 0.717) is 48.0 Å². The maximum atomic E-state index is 15.6. The zero-order valence-electron chi connectivity index (χ0n) is 26.6. The molecule has 2 N–H and O–H groups in total. The first kappa shape index (κ1) is 32.1. The summed E-state index contributed by atoms with van der Waals surface area (Å²) in [7, 11) is -1.88. The predicted octanol–water partition coefficient (Wildman–Crippen LogP) is 6.95. The highest BCUT2D eigenvalue weighted by Crippen LogP contribution is 2.50. The molecular weight excluding hydrogens is 610 g/mol. The van der Waals surface area contributed by atoms with Crippen LogP contribution in [0.15, 0.2) is 60.8 Å². The van der Waals surface area contributed by atoms with E-state index in [1.165, 1.54) is 28.9 Å². The van der Waals surface area contributed by atoms with Gasteiger partial charge in [-0.3, -0.25) is 0 Å². The van der Waals surface area contributed by atoms with Crippen LogP contribution in [0.2, 0.25) is 0 Å². The van der Waals surface area contributed by atoms with Gasteiger partial charge in [0.1, 0.15) is 11.6 Å². The zero-order chi connectivity index (χ0) is 32.9. The van der Waals surface area contributed by atoms with Gasteiger partial charge in [-0.05, 0) is 55.4 Å². The zero-order valence-corrected chi connectivity index (χ0v) is 27.4. The summed E-state index contributed by atoms with van der Waals surface area (Å²) < 4.78 is 65.9. The number of H-pyrrole nitrogens is 1. The van der Waals surface area contributed by atoms with Crippen LogP contribution < -0.4 is 4.74 Å². The Kier molecular flexibility index (Phi) is 8.21. The number of benzene rings is 2. The van der Waals surface area contributed by atoms with Crippen LogP contribution in [0.4, 0.5) is 8.78 Å². The minimum atomic E-state index is -3.57. The summed E-state index contributed by atoms with van der Waals surface area (Å²) >= 11 is 0. The first-order chi connectivity index (χ1) is 21.8. The SMILES string of the molecule is Cn1nc2nc1-c1cc(ccc1F)Oc1c(F)cc3[nH]ccc3c1CCS(=O)(=O)CC(C)(C)CCCC2(C)C1(CO)C=CC=CC1.